The molecule has 132 valence electrons. The summed E-state index contributed by atoms with van der Waals surface area (Å²) in [6.07, 6.45) is 1.61. The lowest BCUT2D eigenvalue weighted by molar-refractivity contribution is -0.123. The van der Waals surface area contributed by atoms with Crippen LogP contribution in [0.15, 0.2) is 58.1 Å². The van der Waals surface area contributed by atoms with Crippen LogP contribution in [0.25, 0.3) is 0 Å². The Hall–Kier alpha value is -2.34. The van der Waals surface area contributed by atoms with E-state index in [2.05, 4.69) is 45.2 Å². The molecule has 6 heteroatoms. The van der Waals surface area contributed by atoms with Crippen LogP contribution >= 0.6 is 15.9 Å². The molecule has 2 rings (SSSR count). The molecular weight excluding hydrogens is 382 g/mol. The number of hydrogen-bond acceptors (Lipinski definition) is 4. The van der Waals surface area contributed by atoms with Crippen molar-refractivity contribution in [3.63, 3.8) is 0 Å². The number of para-hydroxylation sites is 1. The third kappa shape index (κ3) is 5.90. The van der Waals surface area contributed by atoms with Gasteiger partial charge in [-0.25, -0.2) is 5.43 Å². The SMILES string of the molecule is CCN(CC)c1ccc(C=NNC(=O)COc2ccccc2Br)cc1. The molecule has 0 fully saturated rings. The lowest BCUT2D eigenvalue weighted by atomic mass is 10.2. The summed E-state index contributed by atoms with van der Waals surface area (Å²) in [5.41, 5.74) is 4.55. The zero-order valence-electron chi connectivity index (χ0n) is 14.4. The molecule has 2 aromatic rings. The van der Waals surface area contributed by atoms with Crippen molar-refractivity contribution < 1.29 is 9.53 Å². The fourth-order valence-electron chi connectivity index (χ4n) is 2.28. The standard InChI is InChI=1S/C19H22BrN3O2/c1-3-23(4-2)16-11-9-15(10-12-16)13-21-22-19(24)14-25-18-8-6-5-7-17(18)20/h5-13H,3-4,14H2,1-2H3,(H,22,24). The third-order valence-corrected chi connectivity index (χ3v) is 4.28. The van der Waals surface area contributed by atoms with Crippen LogP contribution < -0.4 is 15.1 Å². The molecule has 0 saturated carbocycles. The van der Waals surface area contributed by atoms with Crippen LogP contribution in [0.5, 0.6) is 5.75 Å². The van der Waals surface area contributed by atoms with Gasteiger partial charge >= 0.3 is 0 Å². The first-order chi connectivity index (χ1) is 12.1. The van der Waals surface area contributed by atoms with Gasteiger partial charge < -0.3 is 9.64 Å². The number of rotatable bonds is 8. The lowest BCUT2D eigenvalue weighted by Gasteiger charge is -2.20. The quantitative estimate of drug-likeness (QED) is 0.538. The van der Waals surface area contributed by atoms with Gasteiger partial charge in [0.25, 0.3) is 5.91 Å². The Balaban J connectivity index is 1.82. The van der Waals surface area contributed by atoms with Crippen LogP contribution in [0.2, 0.25) is 0 Å². The number of hydrazone groups is 1. The number of benzene rings is 2. The van der Waals surface area contributed by atoms with Gasteiger partial charge in [0.15, 0.2) is 6.61 Å². The summed E-state index contributed by atoms with van der Waals surface area (Å²) < 4.78 is 6.23. The predicted octanol–water partition coefficient (Wildman–Crippen LogP) is 3.82. The fraction of sp³-hybridized carbons (Fsp3) is 0.263. The van der Waals surface area contributed by atoms with E-state index < -0.39 is 0 Å². The van der Waals surface area contributed by atoms with Gasteiger partial charge in [0.05, 0.1) is 10.7 Å². The molecule has 0 aromatic heterocycles. The molecule has 0 saturated heterocycles. The van der Waals surface area contributed by atoms with Crippen molar-refractivity contribution in [2.24, 2.45) is 5.10 Å². The van der Waals surface area contributed by atoms with E-state index in [9.17, 15) is 4.79 Å². The van der Waals surface area contributed by atoms with Gasteiger partial charge in [-0.05, 0) is 59.6 Å². The molecule has 0 spiro atoms. The number of halogens is 1. The van der Waals surface area contributed by atoms with Crippen LogP contribution in [0, 0.1) is 0 Å². The number of carbonyl (C=O) groups is 1. The Morgan fingerprint density at radius 3 is 2.48 bits per heavy atom. The Labute approximate surface area is 156 Å². The maximum Gasteiger partial charge on any atom is 0.277 e. The van der Waals surface area contributed by atoms with E-state index in [0.29, 0.717) is 5.75 Å². The maximum atomic E-state index is 11.8. The van der Waals surface area contributed by atoms with Gasteiger partial charge in [0.1, 0.15) is 5.75 Å². The Morgan fingerprint density at radius 1 is 1.16 bits per heavy atom. The smallest absolute Gasteiger partial charge is 0.277 e. The summed E-state index contributed by atoms with van der Waals surface area (Å²) in [4.78, 5) is 14.0. The van der Waals surface area contributed by atoms with Crippen molar-refractivity contribution in [2.45, 2.75) is 13.8 Å². The van der Waals surface area contributed by atoms with E-state index in [1.54, 1.807) is 12.3 Å². The molecular formula is C19H22BrN3O2. The van der Waals surface area contributed by atoms with Crippen molar-refractivity contribution in [2.75, 3.05) is 24.6 Å². The summed E-state index contributed by atoms with van der Waals surface area (Å²) in [6, 6.07) is 15.4. The number of anilines is 1. The minimum absolute atomic E-state index is 0.0964. The fourth-order valence-corrected chi connectivity index (χ4v) is 2.68. The lowest BCUT2D eigenvalue weighted by Crippen LogP contribution is -2.24. The monoisotopic (exact) mass is 403 g/mol. The molecule has 2 aromatic carbocycles. The summed E-state index contributed by atoms with van der Waals surface area (Å²) in [5.74, 6) is 0.306. The number of nitrogens with one attached hydrogen (secondary N) is 1. The first-order valence-electron chi connectivity index (χ1n) is 8.18. The van der Waals surface area contributed by atoms with Crippen molar-refractivity contribution in [3.05, 3.63) is 58.6 Å². The van der Waals surface area contributed by atoms with E-state index in [1.807, 2.05) is 42.5 Å². The van der Waals surface area contributed by atoms with Crippen LogP contribution in [-0.2, 0) is 4.79 Å². The van der Waals surface area contributed by atoms with Crippen molar-refractivity contribution in [1.82, 2.24) is 5.43 Å². The maximum absolute atomic E-state index is 11.8. The van der Waals surface area contributed by atoms with Gasteiger partial charge in [-0.2, -0.15) is 5.10 Å². The Kier molecular flexibility index (Phi) is 7.47. The number of hydrogen-bond donors (Lipinski definition) is 1. The predicted molar refractivity (Wildman–Crippen MR) is 105 cm³/mol. The van der Waals surface area contributed by atoms with Crippen molar-refractivity contribution in [3.8, 4) is 5.75 Å². The average Bonchev–Trinajstić information content (AvgIpc) is 2.63. The van der Waals surface area contributed by atoms with E-state index in [1.165, 1.54) is 5.69 Å². The van der Waals surface area contributed by atoms with E-state index in [4.69, 9.17) is 4.74 Å². The molecule has 0 unspecified atom stereocenters. The van der Waals surface area contributed by atoms with E-state index in [0.717, 1.165) is 23.1 Å². The highest BCUT2D eigenvalue weighted by Crippen LogP contribution is 2.23. The van der Waals surface area contributed by atoms with E-state index in [-0.39, 0.29) is 12.5 Å². The zero-order valence-corrected chi connectivity index (χ0v) is 16.0. The molecule has 0 heterocycles. The topological polar surface area (TPSA) is 53.9 Å². The zero-order chi connectivity index (χ0) is 18.1. The van der Waals surface area contributed by atoms with Gasteiger partial charge in [-0.15, -0.1) is 0 Å². The highest BCUT2D eigenvalue weighted by molar-refractivity contribution is 9.10. The molecule has 5 nitrogen and oxygen atoms in total. The number of amides is 1. The molecule has 0 radical (unpaired) electrons. The minimum atomic E-state index is -0.313. The second-order valence-corrected chi connectivity index (χ2v) is 6.13. The summed E-state index contributed by atoms with van der Waals surface area (Å²) in [6.45, 7) is 6.10. The number of ether oxygens (including phenoxy) is 1. The second-order valence-electron chi connectivity index (χ2n) is 5.28. The summed E-state index contributed by atoms with van der Waals surface area (Å²) in [5, 5.41) is 3.96. The van der Waals surface area contributed by atoms with Crippen molar-refractivity contribution in [1.29, 1.82) is 0 Å². The highest BCUT2D eigenvalue weighted by Gasteiger charge is 2.04. The van der Waals surface area contributed by atoms with Gasteiger partial charge in [0.2, 0.25) is 0 Å². The summed E-state index contributed by atoms with van der Waals surface area (Å²) >= 11 is 3.37. The second kappa shape index (κ2) is 9.84. The van der Waals surface area contributed by atoms with E-state index >= 15 is 0 Å². The Bertz CT molecular complexity index is 713. The summed E-state index contributed by atoms with van der Waals surface area (Å²) in [7, 11) is 0. The third-order valence-electron chi connectivity index (χ3n) is 3.62. The van der Waals surface area contributed by atoms with Crippen LogP contribution in [0.4, 0.5) is 5.69 Å². The molecule has 25 heavy (non-hydrogen) atoms. The average molecular weight is 404 g/mol. The van der Waals surface area contributed by atoms with Crippen molar-refractivity contribution >= 4 is 33.7 Å². The van der Waals surface area contributed by atoms with Gasteiger partial charge in [-0.1, -0.05) is 24.3 Å². The first-order valence-corrected chi connectivity index (χ1v) is 8.97. The molecule has 1 N–H and O–H groups in total. The molecule has 1 amide bonds. The van der Waals surface area contributed by atoms with Crippen LogP contribution in [0.1, 0.15) is 19.4 Å². The highest BCUT2D eigenvalue weighted by atomic mass is 79.9. The molecule has 0 aliphatic rings. The minimum Gasteiger partial charge on any atom is -0.483 e. The normalized spacial score (nSPS) is 10.7. The largest absolute Gasteiger partial charge is 0.483 e. The molecule has 0 atom stereocenters. The first kappa shape index (κ1) is 19.0. The molecule has 0 aliphatic carbocycles. The van der Waals surface area contributed by atoms with Gasteiger partial charge in [-0.3, -0.25) is 4.79 Å². The van der Waals surface area contributed by atoms with Crippen LogP contribution in [-0.4, -0.2) is 31.8 Å². The molecule has 0 aliphatic heterocycles. The van der Waals surface area contributed by atoms with Crippen LogP contribution in [0.3, 0.4) is 0 Å². The number of carbonyl (C=O) groups excluding carboxylic acids is 1. The molecule has 0 bridgehead atoms. The van der Waals surface area contributed by atoms with Gasteiger partial charge in [0, 0.05) is 18.8 Å². The Morgan fingerprint density at radius 2 is 1.84 bits per heavy atom. The number of nitrogens with zero attached hydrogens (tertiary/aromatic N) is 2.